The van der Waals surface area contributed by atoms with Gasteiger partial charge in [-0.05, 0) is 6.42 Å². The van der Waals surface area contributed by atoms with E-state index in [0.717, 1.165) is 6.26 Å². The smallest absolute Gasteiger partial charge is 0.216 e. The van der Waals surface area contributed by atoms with E-state index in [2.05, 4.69) is 5.32 Å². The molecule has 16 heavy (non-hydrogen) atoms. The van der Waals surface area contributed by atoms with Crippen molar-refractivity contribution < 1.29 is 17.9 Å². The molecule has 0 aliphatic heterocycles. The van der Waals surface area contributed by atoms with Gasteiger partial charge in [0.1, 0.15) is 0 Å². The molecule has 0 aromatic heterocycles. The molecule has 96 valence electrons. The molecule has 0 rings (SSSR count). The number of amides is 1. The highest BCUT2D eigenvalue weighted by Crippen LogP contribution is 1.98. The Bertz CT molecular complexity index is 303. The number of methoxy groups -OCH3 is 1. The van der Waals surface area contributed by atoms with Crippen LogP contribution in [0.1, 0.15) is 13.3 Å². The van der Waals surface area contributed by atoms with Gasteiger partial charge in [-0.3, -0.25) is 4.79 Å². The minimum atomic E-state index is -3.22. The Labute approximate surface area is 97.0 Å². The van der Waals surface area contributed by atoms with E-state index >= 15 is 0 Å². The zero-order valence-corrected chi connectivity index (χ0v) is 10.8. The summed E-state index contributed by atoms with van der Waals surface area (Å²) in [5.41, 5.74) is 0. The van der Waals surface area contributed by atoms with Gasteiger partial charge in [0, 0.05) is 40.3 Å². The molecule has 0 saturated carbocycles. The number of rotatable bonds is 8. The average Bonchev–Trinajstić information content (AvgIpc) is 2.13. The number of carbonyl (C=O) groups is 1. The molecule has 7 heteroatoms. The Morgan fingerprint density at radius 2 is 2.00 bits per heavy atom. The number of sulfonamides is 1. The first-order valence-corrected chi connectivity index (χ1v) is 6.91. The van der Waals surface area contributed by atoms with Crippen molar-refractivity contribution in [1.82, 2.24) is 9.62 Å². The third kappa shape index (κ3) is 7.61. The molecule has 0 bridgehead atoms. The summed E-state index contributed by atoms with van der Waals surface area (Å²) in [6.45, 7) is 2.95. The summed E-state index contributed by atoms with van der Waals surface area (Å²) in [6, 6.07) is 0. The van der Waals surface area contributed by atoms with Crippen LogP contribution in [0.25, 0.3) is 0 Å². The van der Waals surface area contributed by atoms with Crippen LogP contribution in [0.4, 0.5) is 0 Å². The second-order valence-corrected chi connectivity index (χ2v) is 5.47. The highest BCUT2D eigenvalue weighted by Gasteiger charge is 2.15. The summed E-state index contributed by atoms with van der Waals surface area (Å²) in [7, 11) is -1.65. The van der Waals surface area contributed by atoms with Gasteiger partial charge >= 0.3 is 0 Å². The summed E-state index contributed by atoms with van der Waals surface area (Å²) < 4.78 is 28.9. The SMILES string of the molecule is COCCCN(CCNC(C)=O)S(C)(=O)=O. The number of hydrogen-bond donors (Lipinski definition) is 1. The molecule has 0 atom stereocenters. The standard InChI is InChI=1S/C9H20N2O4S/c1-9(12)10-5-7-11(16(3,13)14)6-4-8-15-2/h4-8H2,1-3H3,(H,10,12). The van der Waals surface area contributed by atoms with Crippen LogP contribution in [-0.2, 0) is 19.6 Å². The fraction of sp³-hybridized carbons (Fsp3) is 0.889. The highest BCUT2D eigenvalue weighted by atomic mass is 32.2. The van der Waals surface area contributed by atoms with Crippen molar-refractivity contribution in [3.8, 4) is 0 Å². The van der Waals surface area contributed by atoms with Crippen molar-refractivity contribution in [3.63, 3.8) is 0 Å². The number of hydrogen-bond acceptors (Lipinski definition) is 4. The fourth-order valence-corrected chi connectivity index (χ4v) is 2.07. The van der Waals surface area contributed by atoms with E-state index in [1.54, 1.807) is 7.11 Å². The van der Waals surface area contributed by atoms with Crippen LogP contribution in [0, 0.1) is 0 Å². The third-order valence-corrected chi connectivity index (χ3v) is 3.26. The molecule has 1 amide bonds. The van der Waals surface area contributed by atoms with Gasteiger partial charge in [0.2, 0.25) is 15.9 Å². The maximum Gasteiger partial charge on any atom is 0.216 e. The van der Waals surface area contributed by atoms with E-state index in [1.807, 2.05) is 0 Å². The van der Waals surface area contributed by atoms with Gasteiger partial charge in [0.15, 0.2) is 0 Å². The summed E-state index contributed by atoms with van der Waals surface area (Å²) in [5, 5.41) is 2.56. The maximum absolute atomic E-state index is 11.4. The zero-order chi connectivity index (χ0) is 12.6. The highest BCUT2D eigenvalue weighted by molar-refractivity contribution is 7.88. The van der Waals surface area contributed by atoms with Gasteiger partial charge in [-0.25, -0.2) is 12.7 Å². The third-order valence-electron chi connectivity index (χ3n) is 1.96. The summed E-state index contributed by atoms with van der Waals surface area (Å²) in [5.74, 6) is -0.162. The lowest BCUT2D eigenvalue weighted by Crippen LogP contribution is -2.38. The van der Waals surface area contributed by atoms with Gasteiger partial charge in [-0.1, -0.05) is 0 Å². The number of nitrogens with zero attached hydrogens (tertiary/aromatic N) is 1. The molecule has 1 N–H and O–H groups in total. The van der Waals surface area contributed by atoms with Crippen molar-refractivity contribution in [1.29, 1.82) is 0 Å². The van der Waals surface area contributed by atoms with Crippen LogP contribution in [0.5, 0.6) is 0 Å². The Morgan fingerprint density at radius 3 is 2.44 bits per heavy atom. The van der Waals surface area contributed by atoms with Crippen molar-refractivity contribution >= 4 is 15.9 Å². The predicted molar refractivity (Wildman–Crippen MR) is 61.6 cm³/mol. The van der Waals surface area contributed by atoms with Crippen LogP contribution < -0.4 is 5.32 Å². The van der Waals surface area contributed by atoms with E-state index in [9.17, 15) is 13.2 Å². The average molecular weight is 252 g/mol. The van der Waals surface area contributed by atoms with Crippen molar-refractivity contribution in [2.24, 2.45) is 0 Å². The first-order chi connectivity index (χ1) is 7.38. The molecule has 0 heterocycles. The molecule has 0 unspecified atom stereocenters. The van der Waals surface area contributed by atoms with E-state index in [-0.39, 0.29) is 5.91 Å². The Balaban J connectivity index is 4.07. The topological polar surface area (TPSA) is 75.7 Å². The van der Waals surface area contributed by atoms with Crippen LogP contribution >= 0.6 is 0 Å². The van der Waals surface area contributed by atoms with Gasteiger partial charge in [-0.15, -0.1) is 0 Å². The van der Waals surface area contributed by atoms with Crippen molar-refractivity contribution in [2.45, 2.75) is 13.3 Å². The molecular weight excluding hydrogens is 232 g/mol. The molecule has 0 aromatic rings. The quantitative estimate of drug-likeness (QED) is 0.586. The lowest BCUT2D eigenvalue weighted by Gasteiger charge is -2.19. The number of carbonyl (C=O) groups excluding carboxylic acids is 1. The van der Waals surface area contributed by atoms with Gasteiger partial charge in [0.05, 0.1) is 6.26 Å². The van der Waals surface area contributed by atoms with E-state index < -0.39 is 10.0 Å². The van der Waals surface area contributed by atoms with Gasteiger partial charge < -0.3 is 10.1 Å². The first-order valence-electron chi connectivity index (χ1n) is 5.06. The molecule has 0 spiro atoms. The zero-order valence-electron chi connectivity index (χ0n) is 10.0. The van der Waals surface area contributed by atoms with Crippen molar-refractivity contribution in [3.05, 3.63) is 0 Å². The fourth-order valence-electron chi connectivity index (χ4n) is 1.19. The summed E-state index contributed by atoms with van der Waals surface area (Å²) >= 11 is 0. The monoisotopic (exact) mass is 252 g/mol. The van der Waals surface area contributed by atoms with Crippen LogP contribution in [0.15, 0.2) is 0 Å². The largest absolute Gasteiger partial charge is 0.385 e. The Hall–Kier alpha value is -0.660. The molecular formula is C9H20N2O4S. The second-order valence-electron chi connectivity index (χ2n) is 3.49. The van der Waals surface area contributed by atoms with E-state index in [4.69, 9.17) is 4.74 Å². The van der Waals surface area contributed by atoms with E-state index in [1.165, 1.54) is 11.2 Å². The van der Waals surface area contributed by atoms with Gasteiger partial charge in [0.25, 0.3) is 0 Å². The maximum atomic E-state index is 11.4. The second kappa shape index (κ2) is 7.59. The molecule has 6 nitrogen and oxygen atoms in total. The lowest BCUT2D eigenvalue weighted by molar-refractivity contribution is -0.118. The Morgan fingerprint density at radius 1 is 1.38 bits per heavy atom. The molecule has 0 radical (unpaired) electrons. The Kier molecular flexibility index (Phi) is 7.27. The van der Waals surface area contributed by atoms with Crippen molar-refractivity contribution in [2.75, 3.05) is 39.6 Å². The molecule has 0 aliphatic rings. The molecule has 0 aliphatic carbocycles. The number of nitrogens with one attached hydrogen (secondary N) is 1. The van der Waals surface area contributed by atoms with Crippen LogP contribution in [0.2, 0.25) is 0 Å². The van der Waals surface area contributed by atoms with Crippen LogP contribution in [-0.4, -0.2) is 58.2 Å². The minimum Gasteiger partial charge on any atom is -0.385 e. The van der Waals surface area contributed by atoms with Crippen LogP contribution in [0.3, 0.4) is 0 Å². The molecule has 0 saturated heterocycles. The minimum absolute atomic E-state index is 0.162. The predicted octanol–water partition coefficient (Wildman–Crippen LogP) is -0.579. The number of ether oxygens (including phenoxy) is 1. The lowest BCUT2D eigenvalue weighted by atomic mass is 10.4. The molecule has 0 aromatic carbocycles. The first kappa shape index (κ1) is 15.3. The van der Waals surface area contributed by atoms with E-state index in [0.29, 0.717) is 32.7 Å². The molecule has 0 fully saturated rings. The normalized spacial score (nSPS) is 11.8. The van der Waals surface area contributed by atoms with Gasteiger partial charge in [-0.2, -0.15) is 0 Å². The summed E-state index contributed by atoms with van der Waals surface area (Å²) in [6.07, 6.45) is 1.80. The summed E-state index contributed by atoms with van der Waals surface area (Å²) in [4.78, 5) is 10.6.